The summed E-state index contributed by atoms with van der Waals surface area (Å²) in [6.07, 6.45) is 2.83. The van der Waals surface area contributed by atoms with Gasteiger partial charge in [-0.15, -0.1) is 0 Å². The summed E-state index contributed by atoms with van der Waals surface area (Å²) in [4.78, 5) is 23.6. The van der Waals surface area contributed by atoms with Crippen molar-refractivity contribution < 1.29 is 23.8 Å². The van der Waals surface area contributed by atoms with Gasteiger partial charge in [0.25, 0.3) is 0 Å². The molecule has 0 aromatic rings. The van der Waals surface area contributed by atoms with Crippen molar-refractivity contribution in [3.05, 3.63) is 0 Å². The molecule has 0 aliphatic rings. The fraction of sp³-hybridized carbons (Fsp3) is 0.867. The summed E-state index contributed by atoms with van der Waals surface area (Å²) in [6, 6.07) is -0.665. The number of rotatable bonds is 11. The van der Waals surface area contributed by atoms with E-state index in [1.54, 1.807) is 0 Å². The number of ether oxygens (including phenoxy) is 3. The molecule has 21 heavy (non-hydrogen) atoms. The topological polar surface area (TPSA) is 73.9 Å². The van der Waals surface area contributed by atoms with Crippen LogP contribution in [0.1, 0.15) is 46.5 Å². The van der Waals surface area contributed by atoms with Crippen LogP contribution >= 0.6 is 0 Å². The smallest absolute Gasteiger partial charge is 0.407 e. The van der Waals surface area contributed by atoms with Crippen LogP contribution in [0.2, 0.25) is 0 Å². The van der Waals surface area contributed by atoms with Gasteiger partial charge in [-0.3, -0.25) is 0 Å². The highest BCUT2D eigenvalue weighted by atomic mass is 16.6. The lowest BCUT2D eigenvalue weighted by atomic mass is 10.0. The van der Waals surface area contributed by atoms with Gasteiger partial charge in [-0.1, -0.05) is 33.6 Å². The molecule has 0 aromatic heterocycles. The molecule has 0 aromatic carbocycles. The van der Waals surface area contributed by atoms with E-state index in [1.165, 1.54) is 7.11 Å². The second-order valence-corrected chi connectivity index (χ2v) is 5.33. The summed E-state index contributed by atoms with van der Waals surface area (Å²) in [5.41, 5.74) is 0. The van der Waals surface area contributed by atoms with Crippen LogP contribution < -0.4 is 5.32 Å². The van der Waals surface area contributed by atoms with Crippen LogP contribution in [0.3, 0.4) is 0 Å². The molecule has 124 valence electrons. The summed E-state index contributed by atoms with van der Waals surface area (Å²) < 4.78 is 14.9. The van der Waals surface area contributed by atoms with E-state index in [0.717, 1.165) is 19.3 Å². The van der Waals surface area contributed by atoms with E-state index in [4.69, 9.17) is 14.2 Å². The molecule has 6 nitrogen and oxygen atoms in total. The van der Waals surface area contributed by atoms with Crippen molar-refractivity contribution in [1.29, 1.82) is 0 Å². The maximum Gasteiger partial charge on any atom is 0.407 e. The molecule has 1 unspecified atom stereocenters. The first-order valence-corrected chi connectivity index (χ1v) is 7.60. The highest BCUT2D eigenvalue weighted by Crippen LogP contribution is 2.07. The van der Waals surface area contributed by atoms with Gasteiger partial charge in [-0.25, -0.2) is 9.59 Å². The van der Waals surface area contributed by atoms with E-state index >= 15 is 0 Å². The first-order valence-electron chi connectivity index (χ1n) is 7.60. The van der Waals surface area contributed by atoms with Gasteiger partial charge in [0.15, 0.2) is 0 Å². The van der Waals surface area contributed by atoms with Gasteiger partial charge in [0.05, 0.1) is 13.2 Å². The van der Waals surface area contributed by atoms with Gasteiger partial charge in [-0.05, 0) is 18.8 Å². The van der Waals surface area contributed by atoms with E-state index in [0.29, 0.717) is 19.6 Å². The Hall–Kier alpha value is -1.30. The van der Waals surface area contributed by atoms with Crippen molar-refractivity contribution in [3.8, 4) is 0 Å². The standard InChI is InChI=1S/C15H29NO5/c1-5-6-7-8-20-14(17)13(11-12(2)3)16-15(18)21-10-9-19-4/h12-13H,5-11H2,1-4H3,(H,16,18). The van der Waals surface area contributed by atoms with E-state index in [9.17, 15) is 9.59 Å². The zero-order valence-electron chi connectivity index (χ0n) is 13.6. The Labute approximate surface area is 127 Å². The maximum atomic E-state index is 12.0. The van der Waals surface area contributed by atoms with Gasteiger partial charge < -0.3 is 19.5 Å². The Morgan fingerprint density at radius 1 is 1.05 bits per heavy atom. The van der Waals surface area contributed by atoms with E-state index in [2.05, 4.69) is 12.2 Å². The SMILES string of the molecule is CCCCCOC(=O)C(CC(C)C)NC(=O)OCCOC. The van der Waals surface area contributed by atoms with Crippen molar-refractivity contribution in [2.24, 2.45) is 5.92 Å². The molecule has 0 saturated carbocycles. The number of carbonyl (C=O) groups excluding carboxylic acids is 2. The minimum absolute atomic E-state index is 0.155. The normalized spacial score (nSPS) is 12.0. The molecule has 0 aliphatic heterocycles. The Balaban J connectivity index is 4.22. The van der Waals surface area contributed by atoms with Crippen molar-refractivity contribution in [3.63, 3.8) is 0 Å². The number of alkyl carbamates (subject to hydrolysis) is 1. The third-order valence-corrected chi connectivity index (χ3v) is 2.80. The molecule has 0 saturated heterocycles. The monoisotopic (exact) mass is 303 g/mol. The molecular weight excluding hydrogens is 274 g/mol. The van der Waals surface area contributed by atoms with Crippen LogP contribution in [0.4, 0.5) is 4.79 Å². The molecule has 0 radical (unpaired) electrons. The van der Waals surface area contributed by atoms with Gasteiger partial charge in [0.2, 0.25) is 0 Å². The summed E-state index contributed by atoms with van der Waals surface area (Å²) in [5, 5.41) is 2.56. The Bertz CT molecular complexity index is 294. The Morgan fingerprint density at radius 2 is 1.76 bits per heavy atom. The lowest BCUT2D eigenvalue weighted by Crippen LogP contribution is -2.43. The number of amides is 1. The van der Waals surface area contributed by atoms with E-state index in [-0.39, 0.29) is 12.5 Å². The number of carbonyl (C=O) groups is 2. The summed E-state index contributed by atoms with van der Waals surface area (Å²) in [7, 11) is 1.52. The molecule has 0 rings (SSSR count). The zero-order chi connectivity index (χ0) is 16.1. The second kappa shape index (κ2) is 12.4. The Morgan fingerprint density at radius 3 is 2.33 bits per heavy atom. The van der Waals surface area contributed by atoms with Gasteiger partial charge in [0, 0.05) is 7.11 Å². The largest absolute Gasteiger partial charge is 0.464 e. The number of unbranched alkanes of at least 4 members (excludes halogenated alkanes) is 2. The molecule has 0 bridgehead atoms. The summed E-state index contributed by atoms with van der Waals surface area (Å²) in [5.74, 6) is -0.138. The quantitative estimate of drug-likeness (QED) is 0.469. The van der Waals surface area contributed by atoms with Crippen molar-refractivity contribution >= 4 is 12.1 Å². The fourth-order valence-corrected chi connectivity index (χ4v) is 1.71. The second-order valence-electron chi connectivity index (χ2n) is 5.33. The number of hydrogen-bond acceptors (Lipinski definition) is 5. The lowest BCUT2D eigenvalue weighted by Gasteiger charge is -2.19. The predicted molar refractivity (Wildman–Crippen MR) is 80.1 cm³/mol. The van der Waals surface area contributed by atoms with E-state index in [1.807, 2.05) is 13.8 Å². The average Bonchev–Trinajstić information content (AvgIpc) is 2.42. The van der Waals surface area contributed by atoms with Crippen LogP contribution in [0, 0.1) is 5.92 Å². The minimum Gasteiger partial charge on any atom is -0.464 e. The van der Waals surface area contributed by atoms with Crippen molar-refractivity contribution in [2.75, 3.05) is 26.9 Å². The summed E-state index contributed by atoms with van der Waals surface area (Å²) >= 11 is 0. The molecule has 0 aliphatic carbocycles. The lowest BCUT2D eigenvalue weighted by molar-refractivity contribution is -0.146. The molecule has 1 amide bonds. The van der Waals surface area contributed by atoms with Crippen molar-refractivity contribution in [1.82, 2.24) is 5.32 Å². The molecule has 0 fully saturated rings. The third-order valence-electron chi connectivity index (χ3n) is 2.80. The maximum absolute atomic E-state index is 12.0. The minimum atomic E-state index is -0.665. The molecule has 0 spiro atoms. The highest BCUT2D eigenvalue weighted by Gasteiger charge is 2.23. The van der Waals surface area contributed by atoms with Crippen LogP contribution in [0.25, 0.3) is 0 Å². The predicted octanol–water partition coefficient (Wildman–Crippen LogP) is 2.51. The number of nitrogens with one attached hydrogen (secondary N) is 1. The highest BCUT2D eigenvalue weighted by molar-refractivity contribution is 5.81. The van der Waals surface area contributed by atoms with Crippen LogP contribution in [0.5, 0.6) is 0 Å². The zero-order valence-corrected chi connectivity index (χ0v) is 13.6. The van der Waals surface area contributed by atoms with Gasteiger partial charge in [0.1, 0.15) is 12.6 Å². The van der Waals surface area contributed by atoms with Crippen LogP contribution in [-0.4, -0.2) is 45.0 Å². The van der Waals surface area contributed by atoms with Gasteiger partial charge >= 0.3 is 12.1 Å². The van der Waals surface area contributed by atoms with Crippen LogP contribution in [0.15, 0.2) is 0 Å². The van der Waals surface area contributed by atoms with Gasteiger partial charge in [-0.2, -0.15) is 0 Å². The van der Waals surface area contributed by atoms with E-state index < -0.39 is 18.1 Å². The molecule has 1 N–H and O–H groups in total. The Kier molecular flexibility index (Phi) is 11.7. The number of hydrogen-bond donors (Lipinski definition) is 1. The number of esters is 1. The third kappa shape index (κ3) is 11.1. The molecule has 6 heteroatoms. The molecular formula is C15H29NO5. The molecule has 0 heterocycles. The fourth-order valence-electron chi connectivity index (χ4n) is 1.71. The van der Waals surface area contributed by atoms with Crippen LogP contribution in [-0.2, 0) is 19.0 Å². The number of methoxy groups -OCH3 is 1. The first kappa shape index (κ1) is 19.7. The summed E-state index contributed by atoms with van der Waals surface area (Å²) in [6.45, 7) is 6.92. The molecule has 1 atom stereocenters. The average molecular weight is 303 g/mol. The first-order chi connectivity index (χ1) is 10.0. The van der Waals surface area contributed by atoms with Crippen molar-refractivity contribution in [2.45, 2.75) is 52.5 Å².